The molecule has 0 aromatic heterocycles. The number of esters is 1. The van der Waals surface area contributed by atoms with Gasteiger partial charge in [-0.05, 0) is 37.6 Å². The minimum absolute atomic E-state index is 0.0693. The number of Topliss-reactive ketones (excluding diaryl/α,β-unsaturated/α-hetero) is 1. The van der Waals surface area contributed by atoms with Crippen molar-refractivity contribution in [2.24, 2.45) is 0 Å². The standard InChI is InChI=1S/C19H14F5NO4/c1-3-29-19(28)10(7-25-11-5-4-9(26)6-8(11)2)18(27)12-13(20)15(22)17(24)16(23)14(12)21/h4-7,25-26H,3H2,1-2H3/b10-7+. The smallest absolute Gasteiger partial charge is 0.343 e. The van der Waals surface area contributed by atoms with Crippen LogP contribution in [0.5, 0.6) is 5.75 Å². The van der Waals surface area contributed by atoms with Crippen LogP contribution in [0.1, 0.15) is 22.8 Å². The molecule has 0 fully saturated rings. The molecule has 0 spiro atoms. The fourth-order valence-corrected chi connectivity index (χ4v) is 2.32. The minimum atomic E-state index is -2.43. The highest BCUT2D eigenvalue weighted by Crippen LogP contribution is 2.26. The number of carbonyl (C=O) groups excluding carboxylic acids is 2. The van der Waals surface area contributed by atoms with Crippen molar-refractivity contribution in [2.75, 3.05) is 11.9 Å². The number of carbonyl (C=O) groups is 2. The lowest BCUT2D eigenvalue weighted by molar-refractivity contribution is -0.138. The first-order valence-electron chi connectivity index (χ1n) is 8.09. The average Bonchev–Trinajstić information content (AvgIpc) is 2.67. The van der Waals surface area contributed by atoms with Crippen molar-refractivity contribution in [3.05, 3.63) is 70.2 Å². The molecule has 154 valence electrons. The first kappa shape index (κ1) is 21.9. The fraction of sp³-hybridized carbons (Fsp3) is 0.158. The van der Waals surface area contributed by atoms with E-state index in [0.29, 0.717) is 5.56 Å². The van der Waals surface area contributed by atoms with E-state index in [0.717, 1.165) is 6.20 Å². The Morgan fingerprint density at radius 3 is 2.10 bits per heavy atom. The summed E-state index contributed by atoms with van der Waals surface area (Å²) in [5.41, 5.74) is -2.03. The molecule has 2 aromatic carbocycles. The number of rotatable bonds is 6. The van der Waals surface area contributed by atoms with Gasteiger partial charge in [0.25, 0.3) is 0 Å². The molecule has 0 aliphatic carbocycles. The summed E-state index contributed by atoms with van der Waals surface area (Å²) in [4.78, 5) is 24.6. The molecule has 0 aliphatic rings. The first-order valence-corrected chi connectivity index (χ1v) is 8.09. The Morgan fingerprint density at radius 1 is 1.03 bits per heavy atom. The zero-order valence-electron chi connectivity index (χ0n) is 15.1. The highest BCUT2D eigenvalue weighted by Gasteiger charge is 2.33. The summed E-state index contributed by atoms with van der Waals surface area (Å²) >= 11 is 0. The van der Waals surface area contributed by atoms with Gasteiger partial charge in [-0.25, -0.2) is 26.7 Å². The van der Waals surface area contributed by atoms with Crippen LogP contribution in [0.15, 0.2) is 30.0 Å². The zero-order chi connectivity index (χ0) is 21.9. The first-order chi connectivity index (χ1) is 13.6. The summed E-state index contributed by atoms with van der Waals surface area (Å²) in [6.07, 6.45) is 0.720. The number of benzene rings is 2. The molecule has 2 N–H and O–H groups in total. The summed E-state index contributed by atoms with van der Waals surface area (Å²) in [7, 11) is 0. The Morgan fingerprint density at radius 2 is 1.59 bits per heavy atom. The van der Waals surface area contributed by atoms with Gasteiger partial charge in [-0.3, -0.25) is 4.79 Å². The van der Waals surface area contributed by atoms with E-state index in [4.69, 9.17) is 0 Å². The van der Waals surface area contributed by atoms with Crippen molar-refractivity contribution >= 4 is 17.4 Å². The van der Waals surface area contributed by atoms with Crippen molar-refractivity contribution in [2.45, 2.75) is 13.8 Å². The highest BCUT2D eigenvalue weighted by atomic mass is 19.2. The maximum atomic E-state index is 14.0. The Kier molecular flexibility index (Phi) is 6.57. The summed E-state index contributed by atoms with van der Waals surface area (Å²) in [6, 6.07) is 3.98. The summed E-state index contributed by atoms with van der Waals surface area (Å²) in [5, 5.41) is 11.9. The molecular formula is C19H14F5NO4. The number of halogens is 5. The van der Waals surface area contributed by atoms with Crippen LogP contribution in [0.3, 0.4) is 0 Å². The molecule has 29 heavy (non-hydrogen) atoms. The number of nitrogens with one attached hydrogen (secondary N) is 1. The SMILES string of the molecule is CCOC(=O)/C(=C/Nc1ccc(O)cc1C)C(=O)c1c(F)c(F)c(F)c(F)c1F. The Balaban J connectivity index is 2.56. The van der Waals surface area contributed by atoms with Crippen LogP contribution >= 0.6 is 0 Å². The van der Waals surface area contributed by atoms with Gasteiger partial charge < -0.3 is 15.2 Å². The number of anilines is 1. The Hall–Kier alpha value is -3.43. The summed E-state index contributed by atoms with van der Waals surface area (Å²) < 4.78 is 72.6. The minimum Gasteiger partial charge on any atom is -0.508 e. The van der Waals surface area contributed by atoms with Crippen molar-refractivity contribution in [3.8, 4) is 5.75 Å². The summed E-state index contributed by atoms with van der Waals surface area (Å²) in [6.45, 7) is 2.72. The molecule has 0 saturated heterocycles. The Labute approximate surface area is 161 Å². The molecule has 0 bridgehead atoms. The van der Waals surface area contributed by atoms with Gasteiger partial charge in [0.2, 0.25) is 11.6 Å². The molecule has 0 heterocycles. The van der Waals surface area contributed by atoms with Crippen molar-refractivity contribution < 1.29 is 41.4 Å². The third-order valence-electron chi connectivity index (χ3n) is 3.76. The molecule has 2 aromatic rings. The van der Waals surface area contributed by atoms with Gasteiger partial charge in [0.1, 0.15) is 16.9 Å². The van der Waals surface area contributed by atoms with Crippen LogP contribution in [0, 0.1) is 36.0 Å². The number of ether oxygens (including phenoxy) is 1. The maximum absolute atomic E-state index is 14.0. The number of aryl methyl sites for hydroxylation is 1. The molecule has 0 aliphatic heterocycles. The van der Waals surface area contributed by atoms with Crippen LogP contribution in [-0.2, 0) is 9.53 Å². The maximum Gasteiger partial charge on any atom is 0.343 e. The van der Waals surface area contributed by atoms with E-state index in [1.165, 1.54) is 25.1 Å². The number of phenolic OH excluding ortho intramolecular Hbond substituents is 1. The van der Waals surface area contributed by atoms with Gasteiger partial charge in [0.05, 0.1) is 6.61 Å². The van der Waals surface area contributed by atoms with E-state index in [-0.39, 0.29) is 18.0 Å². The molecule has 0 amide bonds. The van der Waals surface area contributed by atoms with E-state index < -0.39 is 52.0 Å². The van der Waals surface area contributed by atoms with Crippen LogP contribution in [0.2, 0.25) is 0 Å². The van der Waals surface area contributed by atoms with Crippen LogP contribution in [0.4, 0.5) is 27.6 Å². The lowest BCUT2D eigenvalue weighted by atomic mass is 10.0. The van der Waals surface area contributed by atoms with E-state index in [1.807, 2.05) is 0 Å². The van der Waals surface area contributed by atoms with Gasteiger partial charge in [0, 0.05) is 11.9 Å². The number of aromatic hydroxyl groups is 1. The lowest BCUT2D eigenvalue weighted by Gasteiger charge is -2.11. The highest BCUT2D eigenvalue weighted by molar-refractivity contribution is 6.24. The monoisotopic (exact) mass is 415 g/mol. The van der Waals surface area contributed by atoms with Crippen LogP contribution in [0.25, 0.3) is 0 Å². The fourth-order valence-electron chi connectivity index (χ4n) is 2.32. The van der Waals surface area contributed by atoms with E-state index >= 15 is 0 Å². The molecule has 0 unspecified atom stereocenters. The normalized spacial score (nSPS) is 11.3. The average molecular weight is 415 g/mol. The molecule has 2 rings (SSSR count). The molecule has 5 nitrogen and oxygen atoms in total. The van der Waals surface area contributed by atoms with Crippen LogP contribution in [-0.4, -0.2) is 23.5 Å². The second-order valence-electron chi connectivity index (χ2n) is 5.70. The van der Waals surface area contributed by atoms with E-state index in [9.17, 15) is 36.6 Å². The molecule has 0 atom stereocenters. The molecule has 0 radical (unpaired) electrons. The number of hydrogen-bond acceptors (Lipinski definition) is 5. The van der Waals surface area contributed by atoms with Gasteiger partial charge in [-0.1, -0.05) is 0 Å². The van der Waals surface area contributed by atoms with Gasteiger partial charge in [0.15, 0.2) is 23.3 Å². The second-order valence-corrected chi connectivity index (χ2v) is 5.70. The van der Waals surface area contributed by atoms with E-state index in [2.05, 4.69) is 10.1 Å². The number of ketones is 1. The third-order valence-corrected chi connectivity index (χ3v) is 3.76. The number of phenols is 1. The van der Waals surface area contributed by atoms with Gasteiger partial charge in [-0.2, -0.15) is 0 Å². The Bertz CT molecular complexity index is 991. The van der Waals surface area contributed by atoms with Gasteiger partial charge in [-0.15, -0.1) is 0 Å². The van der Waals surface area contributed by atoms with Gasteiger partial charge >= 0.3 is 5.97 Å². The zero-order valence-corrected chi connectivity index (χ0v) is 15.1. The molecule has 10 heteroatoms. The van der Waals surface area contributed by atoms with Crippen LogP contribution < -0.4 is 5.32 Å². The van der Waals surface area contributed by atoms with Crippen molar-refractivity contribution in [1.29, 1.82) is 0 Å². The molecule has 0 saturated carbocycles. The topological polar surface area (TPSA) is 75.6 Å². The lowest BCUT2D eigenvalue weighted by Crippen LogP contribution is -2.21. The van der Waals surface area contributed by atoms with Crippen molar-refractivity contribution in [3.63, 3.8) is 0 Å². The predicted molar refractivity (Wildman–Crippen MR) is 91.7 cm³/mol. The molecular weight excluding hydrogens is 401 g/mol. The summed E-state index contributed by atoms with van der Waals surface area (Å²) in [5.74, 6) is -15.0. The van der Waals surface area contributed by atoms with Crippen molar-refractivity contribution in [1.82, 2.24) is 0 Å². The third kappa shape index (κ3) is 4.36. The second kappa shape index (κ2) is 8.72. The quantitative estimate of drug-likeness (QED) is 0.0854. The van der Waals surface area contributed by atoms with E-state index in [1.54, 1.807) is 6.92 Å². The number of hydrogen-bond donors (Lipinski definition) is 2. The predicted octanol–water partition coefficient (Wildman–Crippen LogP) is 4.14. The largest absolute Gasteiger partial charge is 0.508 e.